The van der Waals surface area contributed by atoms with E-state index < -0.39 is 22.5 Å². The molecule has 1 aliphatic heterocycles. The lowest BCUT2D eigenvalue weighted by atomic mass is 9.48. The number of nitrogens with one attached hydrogen (secondary N) is 1. The number of rotatable bonds is 2. The zero-order valence-corrected chi connectivity index (χ0v) is 23.0. The van der Waals surface area contributed by atoms with Crippen molar-refractivity contribution in [2.45, 2.75) is 73.0 Å². The number of ketones is 1. The lowest BCUT2D eigenvalue weighted by molar-refractivity contribution is -0.151. The largest absolute Gasteiger partial charge is 0.508 e. The second-order valence-electron chi connectivity index (χ2n) is 13.7. The lowest BCUT2D eigenvalue weighted by Gasteiger charge is -2.53. The van der Waals surface area contributed by atoms with Crippen LogP contribution in [0.3, 0.4) is 0 Å². The zero-order valence-electron chi connectivity index (χ0n) is 23.0. The van der Waals surface area contributed by atoms with Crippen molar-refractivity contribution < 1.29 is 19.8 Å². The average molecular weight is 504 g/mol. The van der Waals surface area contributed by atoms with Crippen molar-refractivity contribution in [2.24, 2.45) is 51.8 Å². The van der Waals surface area contributed by atoms with Gasteiger partial charge in [0, 0.05) is 23.7 Å². The van der Waals surface area contributed by atoms with Gasteiger partial charge in [0.2, 0.25) is 5.91 Å². The number of hydrogen-bond acceptors (Lipinski definition) is 4. The number of fused-ring (bicyclic) bond motifs is 4. The van der Waals surface area contributed by atoms with Crippen LogP contribution in [-0.2, 0) is 16.0 Å². The van der Waals surface area contributed by atoms with Gasteiger partial charge in [0.15, 0.2) is 5.78 Å². The van der Waals surface area contributed by atoms with E-state index in [0.717, 1.165) is 30.4 Å². The van der Waals surface area contributed by atoms with Gasteiger partial charge < -0.3 is 15.5 Å². The fourth-order valence-corrected chi connectivity index (χ4v) is 10.3. The molecule has 37 heavy (non-hydrogen) atoms. The number of amides is 1. The Balaban J connectivity index is 1.54. The van der Waals surface area contributed by atoms with E-state index in [4.69, 9.17) is 0 Å². The van der Waals surface area contributed by atoms with Gasteiger partial charge in [0.1, 0.15) is 16.9 Å². The van der Waals surface area contributed by atoms with Gasteiger partial charge in [-0.3, -0.25) is 9.59 Å². The molecule has 4 aliphatic carbocycles. The highest BCUT2D eigenvalue weighted by atomic mass is 16.3. The Morgan fingerprint density at radius 1 is 1.00 bits per heavy atom. The Hall–Kier alpha value is -2.40. The number of allylic oxidation sites excluding steroid dienone is 4. The van der Waals surface area contributed by atoms with E-state index in [1.165, 1.54) is 5.57 Å². The van der Waals surface area contributed by atoms with E-state index in [1.54, 1.807) is 24.3 Å². The molecule has 2 saturated carbocycles. The Bertz CT molecular complexity index is 1250. The molecule has 1 heterocycles. The molecule has 1 amide bonds. The molecule has 0 aromatic heterocycles. The second-order valence-corrected chi connectivity index (χ2v) is 13.7. The Morgan fingerprint density at radius 2 is 1.68 bits per heavy atom. The molecule has 1 spiro atoms. The molecule has 5 nitrogen and oxygen atoms in total. The molecule has 5 aliphatic rings. The van der Waals surface area contributed by atoms with E-state index in [-0.39, 0.29) is 52.9 Å². The van der Waals surface area contributed by atoms with Crippen LogP contribution in [0.1, 0.15) is 66.4 Å². The Kier molecular flexibility index (Phi) is 5.11. The number of phenols is 1. The Labute approximate surface area is 220 Å². The van der Waals surface area contributed by atoms with Crippen LogP contribution >= 0.6 is 0 Å². The monoisotopic (exact) mass is 503 g/mol. The predicted molar refractivity (Wildman–Crippen MR) is 142 cm³/mol. The maximum absolute atomic E-state index is 15.0. The van der Waals surface area contributed by atoms with Gasteiger partial charge in [-0.15, -0.1) is 0 Å². The van der Waals surface area contributed by atoms with Gasteiger partial charge in [0.25, 0.3) is 0 Å². The summed E-state index contributed by atoms with van der Waals surface area (Å²) < 4.78 is 0. The van der Waals surface area contributed by atoms with Gasteiger partial charge in [-0.05, 0) is 73.5 Å². The van der Waals surface area contributed by atoms with Crippen LogP contribution < -0.4 is 5.32 Å². The summed E-state index contributed by atoms with van der Waals surface area (Å²) in [7, 11) is 0. The minimum absolute atomic E-state index is 0.0433. The highest BCUT2D eigenvalue weighted by Gasteiger charge is 2.82. The summed E-state index contributed by atoms with van der Waals surface area (Å²) in [4.78, 5) is 29.3. The first-order valence-electron chi connectivity index (χ1n) is 14.0. The first kappa shape index (κ1) is 24.9. The number of phenolic OH excluding ortho intramolecular Hbond substituents is 1. The number of carbonyl (C=O) groups is 2. The number of benzene rings is 1. The summed E-state index contributed by atoms with van der Waals surface area (Å²) in [5, 5.41) is 25.0. The molecule has 198 valence electrons. The second kappa shape index (κ2) is 7.59. The van der Waals surface area contributed by atoms with Crippen LogP contribution in [0.15, 0.2) is 47.6 Å². The highest BCUT2D eigenvalue weighted by molar-refractivity contribution is 6.13. The van der Waals surface area contributed by atoms with E-state index in [2.05, 4.69) is 59.0 Å². The quantitative estimate of drug-likeness (QED) is 0.384. The van der Waals surface area contributed by atoms with E-state index in [0.29, 0.717) is 5.92 Å². The number of Topliss-reactive ketones (excluding diaryl/α,β-unsaturated/α-hetero) is 1. The van der Waals surface area contributed by atoms with Crippen molar-refractivity contribution in [3.63, 3.8) is 0 Å². The van der Waals surface area contributed by atoms with Crippen molar-refractivity contribution in [3.05, 3.63) is 53.1 Å². The molecule has 3 N–H and O–H groups in total. The van der Waals surface area contributed by atoms with Crippen molar-refractivity contribution in [3.8, 4) is 5.75 Å². The molecule has 5 heteroatoms. The van der Waals surface area contributed by atoms with Crippen molar-refractivity contribution in [1.82, 2.24) is 5.32 Å². The normalized spacial score (nSPS) is 48.3. The van der Waals surface area contributed by atoms with Crippen molar-refractivity contribution >= 4 is 11.7 Å². The third kappa shape index (κ3) is 2.95. The lowest BCUT2D eigenvalue weighted by Crippen LogP contribution is -2.57. The van der Waals surface area contributed by atoms with E-state index in [9.17, 15) is 19.8 Å². The molecule has 6 rings (SSSR count). The van der Waals surface area contributed by atoms with E-state index in [1.807, 2.05) is 0 Å². The smallest absolute Gasteiger partial charge is 0.237 e. The number of aliphatic hydroxyl groups is 1. The molecule has 3 fully saturated rings. The van der Waals surface area contributed by atoms with Gasteiger partial charge in [-0.1, -0.05) is 69.5 Å². The van der Waals surface area contributed by atoms with Crippen molar-refractivity contribution in [1.29, 1.82) is 0 Å². The summed E-state index contributed by atoms with van der Waals surface area (Å²) in [6.07, 6.45) is 8.05. The van der Waals surface area contributed by atoms with Crippen LogP contribution in [0.4, 0.5) is 0 Å². The van der Waals surface area contributed by atoms with Gasteiger partial charge in [-0.25, -0.2) is 0 Å². The molecule has 1 aromatic carbocycles. The first-order chi connectivity index (χ1) is 17.3. The molecule has 0 unspecified atom stereocenters. The van der Waals surface area contributed by atoms with E-state index >= 15 is 0 Å². The number of carbonyl (C=O) groups excluding carboxylic acids is 2. The van der Waals surface area contributed by atoms with Crippen LogP contribution in [0.25, 0.3) is 0 Å². The first-order valence-corrected chi connectivity index (χ1v) is 14.0. The maximum Gasteiger partial charge on any atom is 0.237 e. The van der Waals surface area contributed by atoms with Crippen LogP contribution in [0.5, 0.6) is 5.75 Å². The minimum atomic E-state index is -1.56. The Morgan fingerprint density at radius 3 is 2.35 bits per heavy atom. The summed E-state index contributed by atoms with van der Waals surface area (Å²) in [6.45, 7) is 13.1. The van der Waals surface area contributed by atoms with Crippen LogP contribution in [0, 0.1) is 51.8 Å². The number of aromatic hydroxyl groups is 1. The summed E-state index contributed by atoms with van der Waals surface area (Å²) in [6, 6.07) is 6.74. The molecular formula is C32H41NO4. The van der Waals surface area contributed by atoms with Crippen LogP contribution in [-0.4, -0.2) is 27.6 Å². The maximum atomic E-state index is 15.0. The standard InChI is InChI=1S/C32H41NO4/c1-17-7-12-23-24-25(19(3)14-29(23,5)13-17)30(6)15-18(2)20(4)26-31(37,16-21-8-10-22(34)11-9-21)33-28(36)32(26,30)27(24)35/h8-11,14-15,17,20,23-26,34,37H,7,12-13,16H2,1-6H3,(H,33,36)/t17-,20+,23-,24-,25+,26-,29-,30+,31+,32+/m1/s1. The average Bonchev–Trinajstić information content (AvgIpc) is 3.16. The molecule has 0 bridgehead atoms. The molecule has 1 aromatic rings. The zero-order chi connectivity index (χ0) is 26.7. The fraction of sp³-hybridized carbons (Fsp3) is 0.625. The van der Waals surface area contributed by atoms with Crippen molar-refractivity contribution in [2.75, 3.05) is 0 Å². The molecular weight excluding hydrogens is 462 g/mol. The summed E-state index contributed by atoms with van der Waals surface area (Å²) in [5.41, 5.74) is -0.445. The third-order valence-electron chi connectivity index (χ3n) is 11.5. The molecule has 0 radical (unpaired) electrons. The summed E-state index contributed by atoms with van der Waals surface area (Å²) >= 11 is 0. The third-order valence-corrected chi connectivity index (χ3v) is 11.5. The van der Waals surface area contributed by atoms with Crippen LogP contribution in [0.2, 0.25) is 0 Å². The fourth-order valence-electron chi connectivity index (χ4n) is 10.3. The minimum Gasteiger partial charge on any atom is -0.508 e. The number of hydrogen-bond donors (Lipinski definition) is 3. The predicted octanol–water partition coefficient (Wildman–Crippen LogP) is 5.18. The van der Waals surface area contributed by atoms with Gasteiger partial charge in [-0.2, -0.15) is 0 Å². The summed E-state index contributed by atoms with van der Waals surface area (Å²) in [5.74, 6) is -0.241. The topological polar surface area (TPSA) is 86.6 Å². The van der Waals surface area contributed by atoms with Gasteiger partial charge >= 0.3 is 0 Å². The highest BCUT2D eigenvalue weighted by Crippen LogP contribution is 2.74. The molecule has 10 atom stereocenters. The molecule has 1 saturated heterocycles. The van der Waals surface area contributed by atoms with Gasteiger partial charge in [0.05, 0.1) is 0 Å². The SMILES string of the molecule is CC1=C[C@@]2(C)[C@H]3C(C)=C[C@@]4(C)C[C@H](C)CC[C@@H]4[C@H]3C(=O)[C@@]23C(=O)N[C@](O)(Cc2ccc(O)cc2)[C@H]3[C@H]1C.